The minimum atomic E-state index is -0.991. The van der Waals surface area contributed by atoms with Gasteiger partial charge in [0.15, 0.2) is 6.10 Å². The Kier molecular flexibility index (Phi) is 3.92. The third-order valence-corrected chi connectivity index (χ3v) is 4.37. The van der Waals surface area contributed by atoms with Crippen LogP contribution in [-0.4, -0.2) is 35.7 Å². The molecule has 21 heavy (non-hydrogen) atoms. The van der Waals surface area contributed by atoms with Gasteiger partial charge in [-0.25, -0.2) is 4.79 Å². The number of hydrogen-bond donors (Lipinski definition) is 2. The van der Waals surface area contributed by atoms with Crippen LogP contribution in [0.15, 0.2) is 24.3 Å². The molecule has 1 aliphatic carbocycles. The molecule has 3 atom stereocenters. The highest BCUT2D eigenvalue weighted by Gasteiger charge is 2.35. The standard InChI is InChI=1S/C16H19NO4/c18-15(13-7-8-14(21-13)16(19)20)17-9-11-6-5-10-3-1-2-4-12(10)11/h1-4,11,13-14H,5-9H2,(H,17,18)(H,19,20)/t11?,13-,14+/m0/s1. The lowest BCUT2D eigenvalue weighted by atomic mass is 10.0. The van der Waals surface area contributed by atoms with Crippen LogP contribution >= 0.6 is 0 Å². The molecular formula is C16H19NO4. The molecule has 5 heteroatoms. The molecule has 1 heterocycles. The molecule has 1 saturated heterocycles. The predicted molar refractivity (Wildman–Crippen MR) is 76.0 cm³/mol. The summed E-state index contributed by atoms with van der Waals surface area (Å²) in [7, 11) is 0. The maximum atomic E-state index is 12.1. The number of carbonyl (C=O) groups is 2. The predicted octanol–water partition coefficient (Wildman–Crippen LogP) is 1.46. The highest BCUT2D eigenvalue weighted by Crippen LogP contribution is 2.32. The summed E-state index contributed by atoms with van der Waals surface area (Å²) in [5.74, 6) is -0.833. The minimum Gasteiger partial charge on any atom is -0.479 e. The van der Waals surface area contributed by atoms with Gasteiger partial charge in [0.2, 0.25) is 5.91 Å². The van der Waals surface area contributed by atoms with E-state index in [1.807, 2.05) is 12.1 Å². The highest BCUT2D eigenvalue weighted by molar-refractivity contribution is 5.82. The van der Waals surface area contributed by atoms with Crippen molar-refractivity contribution in [2.75, 3.05) is 6.54 Å². The van der Waals surface area contributed by atoms with Gasteiger partial charge in [0, 0.05) is 12.5 Å². The van der Waals surface area contributed by atoms with Gasteiger partial charge in [-0.05, 0) is 36.8 Å². The van der Waals surface area contributed by atoms with Crippen molar-refractivity contribution < 1.29 is 19.4 Å². The van der Waals surface area contributed by atoms with Crippen molar-refractivity contribution in [3.8, 4) is 0 Å². The van der Waals surface area contributed by atoms with Gasteiger partial charge in [-0.15, -0.1) is 0 Å². The van der Waals surface area contributed by atoms with Crippen molar-refractivity contribution in [1.82, 2.24) is 5.32 Å². The average molecular weight is 289 g/mol. The van der Waals surface area contributed by atoms with Crippen molar-refractivity contribution in [3.63, 3.8) is 0 Å². The number of rotatable bonds is 4. The van der Waals surface area contributed by atoms with Crippen LogP contribution in [0.1, 0.15) is 36.3 Å². The molecule has 1 fully saturated rings. The SMILES string of the molecule is O=C(NCC1CCc2ccccc21)[C@@H]1CC[C@H](C(=O)O)O1. The Morgan fingerprint density at radius 1 is 1.19 bits per heavy atom. The fourth-order valence-electron chi connectivity index (χ4n) is 3.21. The zero-order chi connectivity index (χ0) is 14.8. The molecule has 0 radical (unpaired) electrons. The molecule has 1 amide bonds. The first-order valence-corrected chi connectivity index (χ1v) is 7.39. The number of aryl methyl sites for hydroxylation is 1. The quantitative estimate of drug-likeness (QED) is 0.880. The number of ether oxygens (including phenoxy) is 1. The Balaban J connectivity index is 1.52. The summed E-state index contributed by atoms with van der Waals surface area (Å²) in [6.45, 7) is 0.591. The zero-order valence-electron chi connectivity index (χ0n) is 11.7. The first-order valence-electron chi connectivity index (χ1n) is 7.39. The lowest BCUT2D eigenvalue weighted by Crippen LogP contribution is -2.37. The minimum absolute atomic E-state index is 0.192. The summed E-state index contributed by atoms with van der Waals surface area (Å²) < 4.78 is 5.26. The van der Waals surface area contributed by atoms with Crippen LogP contribution < -0.4 is 5.32 Å². The van der Waals surface area contributed by atoms with Gasteiger partial charge in [0.25, 0.3) is 0 Å². The van der Waals surface area contributed by atoms with E-state index in [1.54, 1.807) is 0 Å². The van der Waals surface area contributed by atoms with Crippen LogP contribution in [0.3, 0.4) is 0 Å². The van der Waals surface area contributed by atoms with E-state index in [-0.39, 0.29) is 5.91 Å². The molecule has 1 aliphatic heterocycles. The highest BCUT2D eigenvalue weighted by atomic mass is 16.5. The van der Waals surface area contributed by atoms with Crippen molar-refractivity contribution in [2.24, 2.45) is 0 Å². The van der Waals surface area contributed by atoms with Gasteiger partial charge >= 0.3 is 5.97 Å². The summed E-state index contributed by atoms with van der Waals surface area (Å²) >= 11 is 0. The second-order valence-electron chi connectivity index (χ2n) is 5.71. The van der Waals surface area contributed by atoms with Crippen LogP contribution in [0.25, 0.3) is 0 Å². The molecule has 1 aromatic rings. The zero-order valence-corrected chi connectivity index (χ0v) is 11.7. The number of hydrogen-bond acceptors (Lipinski definition) is 3. The Hall–Kier alpha value is -1.88. The van der Waals surface area contributed by atoms with Crippen LogP contribution in [0.4, 0.5) is 0 Å². The number of aliphatic carboxylic acids is 1. The molecule has 2 aliphatic rings. The van der Waals surface area contributed by atoms with E-state index in [2.05, 4.69) is 17.4 Å². The van der Waals surface area contributed by atoms with Gasteiger partial charge in [-0.2, -0.15) is 0 Å². The van der Waals surface area contributed by atoms with Gasteiger partial charge in [-0.1, -0.05) is 24.3 Å². The summed E-state index contributed by atoms with van der Waals surface area (Å²) in [5.41, 5.74) is 2.67. The molecule has 0 saturated carbocycles. The summed E-state index contributed by atoms with van der Waals surface area (Å²) in [6, 6.07) is 8.31. The Morgan fingerprint density at radius 2 is 1.95 bits per heavy atom. The molecule has 2 N–H and O–H groups in total. The maximum Gasteiger partial charge on any atom is 0.332 e. The molecule has 112 valence electrons. The van der Waals surface area contributed by atoms with Crippen molar-refractivity contribution >= 4 is 11.9 Å². The first kappa shape index (κ1) is 14.1. The molecule has 1 aromatic carbocycles. The Bertz CT molecular complexity index is 557. The number of benzene rings is 1. The first-order chi connectivity index (χ1) is 10.1. The molecule has 5 nitrogen and oxygen atoms in total. The summed E-state index contributed by atoms with van der Waals surface area (Å²) in [6.07, 6.45) is 1.51. The molecule has 0 bridgehead atoms. The van der Waals surface area contributed by atoms with E-state index in [0.717, 1.165) is 12.8 Å². The number of amides is 1. The van der Waals surface area contributed by atoms with Crippen LogP contribution in [-0.2, 0) is 20.7 Å². The van der Waals surface area contributed by atoms with Crippen molar-refractivity contribution in [1.29, 1.82) is 0 Å². The lowest BCUT2D eigenvalue weighted by Gasteiger charge is -2.15. The van der Waals surface area contributed by atoms with E-state index in [9.17, 15) is 9.59 Å². The number of carbonyl (C=O) groups excluding carboxylic acids is 1. The van der Waals surface area contributed by atoms with Crippen LogP contribution in [0.2, 0.25) is 0 Å². The summed E-state index contributed by atoms with van der Waals surface area (Å²) in [5, 5.41) is 11.8. The topological polar surface area (TPSA) is 75.6 Å². The average Bonchev–Trinajstić information content (AvgIpc) is 3.12. The summed E-state index contributed by atoms with van der Waals surface area (Å²) in [4.78, 5) is 22.9. The molecule has 0 aromatic heterocycles. The third-order valence-electron chi connectivity index (χ3n) is 4.37. The van der Waals surface area contributed by atoms with E-state index in [1.165, 1.54) is 11.1 Å². The van der Waals surface area contributed by atoms with Gasteiger partial charge in [0.05, 0.1) is 0 Å². The third kappa shape index (κ3) is 2.93. The van der Waals surface area contributed by atoms with E-state index in [0.29, 0.717) is 25.3 Å². The Morgan fingerprint density at radius 3 is 2.71 bits per heavy atom. The largest absolute Gasteiger partial charge is 0.479 e. The van der Waals surface area contributed by atoms with Crippen molar-refractivity contribution in [2.45, 2.75) is 43.8 Å². The van der Waals surface area contributed by atoms with Gasteiger partial charge < -0.3 is 15.2 Å². The van der Waals surface area contributed by atoms with E-state index < -0.39 is 18.2 Å². The van der Waals surface area contributed by atoms with Crippen molar-refractivity contribution in [3.05, 3.63) is 35.4 Å². The van der Waals surface area contributed by atoms with Crippen LogP contribution in [0, 0.1) is 0 Å². The maximum absolute atomic E-state index is 12.1. The van der Waals surface area contributed by atoms with E-state index >= 15 is 0 Å². The number of carboxylic acids is 1. The smallest absolute Gasteiger partial charge is 0.332 e. The second-order valence-corrected chi connectivity index (χ2v) is 5.71. The Labute approximate surface area is 123 Å². The number of fused-ring (bicyclic) bond motifs is 1. The molecule has 0 spiro atoms. The second kappa shape index (κ2) is 5.85. The van der Waals surface area contributed by atoms with E-state index in [4.69, 9.17) is 9.84 Å². The lowest BCUT2D eigenvalue weighted by molar-refractivity contribution is -0.151. The molecule has 1 unspecified atom stereocenters. The number of nitrogens with one attached hydrogen (secondary N) is 1. The van der Waals surface area contributed by atoms with Gasteiger partial charge in [-0.3, -0.25) is 4.79 Å². The monoisotopic (exact) mass is 289 g/mol. The normalized spacial score (nSPS) is 27.3. The number of carboxylic acid groups (broad SMARTS) is 1. The van der Waals surface area contributed by atoms with Crippen LogP contribution in [0.5, 0.6) is 0 Å². The fraction of sp³-hybridized carbons (Fsp3) is 0.500. The molecular weight excluding hydrogens is 270 g/mol. The fourth-order valence-corrected chi connectivity index (χ4v) is 3.21. The van der Waals surface area contributed by atoms with Gasteiger partial charge in [0.1, 0.15) is 6.10 Å². The molecule has 3 rings (SSSR count).